The van der Waals surface area contributed by atoms with Crippen molar-refractivity contribution in [2.75, 3.05) is 31.4 Å². The Morgan fingerprint density at radius 3 is 2.52 bits per heavy atom. The average Bonchev–Trinajstić information content (AvgIpc) is 2.99. The molecule has 0 atom stereocenters. The number of aryl methyl sites for hydroxylation is 2. The highest BCUT2D eigenvalue weighted by Gasteiger charge is 2.13. The lowest BCUT2D eigenvalue weighted by Gasteiger charge is -2.15. The number of nitrogens with one attached hydrogen (secondary N) is 2. The number of anilines is 3. The van der Waals surface area contributed by atoms with Crippen molar-refractivity contribution < 1.29 is 9.47 Å². The van der Waals surface area contributed by atoms with Crippen molar-refractivity contribution in [3.05, 3.63) is 36.0 Å². The molecular weight excluding hydrogens is 320 g/mol. The average molecular weight is 342 g/mol. The topological polar surface area (TPSA) is 86.1 Å². The molecule has 0 fully saturated rings. The number of methoxy groups -OCH3 is 2. The first-order chi connectivity index (χ1) is 12.1. The predicted molar refractivity (Wildman–Crippen MR) is 97.1 cm³/mol. The minimum atomic E-state index is -0.376. The van der Waals surface area contributed by atoms with Gasteiger partial charge in [-0.1, -0.05) is 17.7 Å². The first kappa shape index (κ1) is 17.1. The van der Waals surface area contributed by atoms with E-state index in [9.17, 15) is 0 Å². The molecule has 2 heterocycles. The summed E-state index contributed by atoms with van der Waals surface area (Å²) in [5, 5.41) is 11.6. The van der Waals surface area contributed by atoms with Gasteiger partial charge in [-0.2, -0.15) is 15.1 Å². The molecule has 8 heteroatoms. The molecule has 0 radical (unpaired) electrons. The van der Waals surface area contributed by atoms with Crippen LogP contribution in [0.3, 0.4) is 0 Å². The van der Waals surface area contributed by atoms with Gasteiger partial charge in [-0.3, -0.25) is 4.68 Å². The van der Waals surface area contributed by atoms with E-state index in [0.29, 0.717) is 18.3 Å². The maximum absolute atomic E-state index is 5.18. The number of benzene rings is 1. The summed E-state index contributed by atoms with van der Waals surface area (Å²) in [5.41, 5.74) is 2.89. The normalized spacial score (nSPS) is 11.2. The van der Waals surface area contributed by atoms with Gasteiger partial charge in [0.05, 0.1) is 18.1 Å². The van der Waals surface area contributed by atoms with E-state index >= 15 is 0 Å². The van der Waals surface area contributed by atoms with Gasteiger partial charge in [0.25, 0.3) is 0 Å². The molecule has 0 aliphatic carbocycles. The van der Waals surface area contributed by atoms with Crippen LogP contribution < -0.4 is 10.6 Å². The zero-order chi connectivity index (χ0) is 17.8. The van der Waals surface area contributed by atoms with Crippen molar-refractivity contribution in [3.63, 3.8) is 0 Å². The van der Waals surface area contributed by atoms with Crippen molar-refractivity contribution >= 4 is 28.5 Å². The molecule has 0 aliphatic rings. The summed E-state index contributed by atoms with van der Waals surface area (Å²) >= 11 is 0. The molecule has 2 aromatic heterocycles. The Morgan fingerprint density at radius 1 is 1.12 bits per heavy atom. The Kier molecular flexibility index (Phi) is 5.11. The van der Waals surface area contributed by atoms with Gasteiger partial charge in [-0.15, -0.1) is 0 Å². The quantitative estimate of drug-likeness (QED) is 0.638. The summed E-state index contributed by atoms with van der Waals surface area (Å²) in [5.74, 6) is 1.17. The standard InChI is InChI=1S/C17H22N6O2/c1-11-5-7-12(8-6-11)20-15-13-9-19-23(2)16(13)22-17(21-15)18-10-14(24-3)25-4/h5-9,14H,10H2,1-4H3,(H2,18,20,21,22). The molecule has 8 nitrogen and oxygen atoms in total. The molecule has 3 rings (SSSR count). The number of hydrogen-bond acceptors (Lipinski definition) is 7. The lowest BCUT2D eigenvalue weighted by molar-refractivity contribution is -0.0914. The van der Waals surface area contributed by atoms with E-state index in [0.717, 1.165) is 16.7 Å². The van der Waals surface area contributed by atoms with E-state index in [1.165, 1.54) is 5.56 Å². The van der Waals surface area contributed by atoms with Crippen LogP contribution >= 0.6 is 0 Å². The predicted octanol–water partition coefficient (Wildman–Crippen LogP) is 2.45. The lowest BCUT2D eigenvalue weighted by Crippen LogP contribution is -2.24. The van der Waals surface area contributed by atoms with Crippen molar-refractivity contribution in [2.45, 2.75) is 13.2 Å². The SMILES string of the molecule is COC(CNc1nc(Nc2ccc(C)cc2)c2cnn(C)c2n1)OC. The number of rotatable bonds is 7. The van der Waals surface area contributed by atoms with Crippen molar-refractivity contribution in [1.82, 2.24) is 19.7 Å². The van der Waals surface area contributed by atoms with Gasteiger partial charge < -0.3 is 20.1 Å². The summed E-state index contributed by atoms with van der Waals surface area (Å²) in [4.78, 5) is 9.09. The molecule has 3 aromatic rings. The Balaban J connectivity index is 1.91. The summed E-state index contributed by atoms with van der Waals surface area (Å²) in [7, 11) is 5.03. The molecule has 0 amide bonds. The minimum Gasteiger partial charge on any atom is -0.354 e. The first-order valence-electron chi connectivity index (χ1n) is 7.93. The van der Waals surface area contributed by atoms with Crippen LogP contribution in [0.4, 0.5) is 17.5 Å². The third-order valence-corrected chi connectivity index (χ3v) is 3.86. The molecule has 0 unspecified atom stereocenters. The summed E-state index contributed by atoms with van der Waals surface area (Å²) in [6.07, 6.45) is 1.38. The summed E-state index contributed by atoms with van der Waals surface area (Å²) in [6.45, 7) is 2.48. The molecule has 132 valence electrons. The second kappa shape index (κ2) is 7.45. The molecular formula is C17H22N6O2. The molecule has 0 bridgehead atoms. The van der Waals surface area contributed by atoms with Crippen LogP contribution in [0.15, 0.2) is 30.5 Å². The summed E-state index contributed by atoms with van der Waals surface area (Å²) in [6, 6.07) is 8.12. The van der Waals surface area contributed by atoms with Gasteiger partial charge in [0, 0.05) is 27.0 Å². The van der Waals surface area contributed by atoms with E-state index in [2.05, 4.69) is 32.6 Å². The molecule has 25 heavy (non-hydrogen) atoms. The zero-order valence-electron chi connectivity index (χ0n) is 14.8. The van der Waals surface area contributed by atoms with Gasteiger partial charge in [-0.05, 0) is 19.1 Å². The van der Waals surface area contributed by atoms with Crippen molar-refractivity contribution in [1.29, 1.82) is 0 Å². The van der Waals surface area contributed by atoms with E-state index in [-0.39, 0.29) is 6.29 Å². The van der Waals surface area contributed by atoms with E-state index in [1.807, 2.05) is 31.3 Å². The fourth-order valence-electron chi connectivity index (χ4n) is 2.41. The van der Waals surface area contributed by atoms with Crippen LogP contribution in [0.5, 0.6) is 0 Å². The van der Waals surface area contributed by atoms with Crippen LogP contribution in [0, 0.1) is 6.92 Å². The molecule has 0 spiro atoms. The Hall–Kier alpha value is -2.71. The molecule has 0 saturated heterocycles. The van der Waals surface area contributed by atoms with Gasteiger partial charge in [0.1, 0.15) is 5.82 Å². The van der Waals surface area contributed by atoms with E-state index in [4.69, 9.17) is 9.47 Å². The van der Waals surface area contributed by atoms with Crippen LogP contribution in [-0.2, 0) is 16.5 Å². The monoisotopic (exact) mass is 342 g/mol. The lowest BCUT2D eigenvalue weighted by atomic mass is 10.2. The Morgan fingerprint density at radius 2 is 1.84 bits per heavy atom. The van der Waals surface area contributed by atoms with Crippen LogP contribution in [0.1, 0.15) is 5.56 Å². The van der Waals surface area contributed by atoms with Crippen LogP contribution in [0.2, 0.25) is 0 Å². The third-order valence-electron chi connectivity index (χ3n) is 3.86. The Labute approximate surface area is 146 Å². The van der Waals surface area contributed by atoms with Crippen LogP contribution in [0.25, 0.3) is 11.0 Å². The van der Waals surface area contributed by atoms with E-state index < -0.39 is 0 Å². The first-order valence-corrected chi connectivity index (χ1v) is 7.93. The minimum absolute atomic E-state index is 0.376. The Bertz CT molecular complexity index is 842. The zero-order valence-corrected chi connectivity index (χ0v) is 14.8. The number of ether oxygens (including phenoxy) is 2. The number of nitrogens with zero attached hydrogens (tertiary/aromatic N) is 4. The second-order valence-electron chi connectivity index (χ2n) is 5.67. The maximum Gasteiger partial charge on any atom is 0.226 e. The largest absolute Gasteiger partial charge is 0.354 e. The van der Waals surface area contributed by atoms with Crippen LogP contribution in [-0.4, -0.2) is 46.8 Å². The number of fused-ring (bicyclic) bond motifs is 1. The fraction of sp³-hybridized carbons (Fsp3) is 0.353. The van der Waals surface area contributed by atoms with Gasteiger partial charge in [0.2, 0.25) is 5.95 Å². The highest BCUT2D eigenvalue weighted by Crippen LogP contribution is 2.25. The van der Waals surface area contributed by atoms with Crippen molar-refractivity contribution in [3.8, 4) is 0 Å². The number of hydrogen-bond donors (Lipinski definition) is 2. The molecule has 0 saturated carbocycles. The maximum atomic E-state index is 5.18. The van der Waals surface area contributed by atoms with Gasteiger partial charge >= 0.3 is 0 Å². The molecule has 2 N–H and O–H groups in total. The van der Waals surface area contributed by atoms with Gasteiger partial charge in [0.15, 0.2) is 11.9 Å². The smallest absolute Gasteiger partial charge is 0.226 e. The molecule has 0 aliphatic heterocycles. The van der Waals surface area contributed by atoms with Crippen molar-refractivity contribution in [2.24, 2.45) is 7.05 Å². The summed E-state index contributed by atoms with van der Waals surface area (Å²) < 4.78 is 12.1. The fourth-order valence-corrected chi connectivity index (χ4v) is 2.41. The second-order valence-corrected chi connectivity index (χ2v) is 5.67. The molecule has 1 aromatic carbocycles. The number of aromatic nitrogens is 4. The third kappa shape index (κ3) is 3.86. The van der Waals surface area contributed by atoms with Gasteiger partial charge in [-0.25, -0.2) is 0 Å². The highest BCUT2D eigenvalue weighted by atomic mass is 16.7. The highest BCUT2D eigenvalue weighted by molar-refractivity contribution is 5.89. The van der Waals surface area contributed by atoms with E-state index in [1.54, 1.807) is 25.1 Å².